The number of rotatable bonds is 13. The Morgan fingerprint density at radius 3 is 1.87 bits per heavy atom. The number of carbonyl (C=O) groups is 4. The maximum absolute atomic E-state index is 15.1. The third-order valence-electron chi connectivity index (χ3n) is 18.6. The summed E-state index contributed by atoms with van der Waals surface area (Å²) in [5, 5.41) is 63.7. The Labute approximate surface area is 394 Å². The normalized spacial score (nSPS) is 47.0. The van der Waals surface area contributed by atoms with Crippen molar-refractivity contribution in [2.75, 3.05) is 39.3 Å². The molecule has 7 rings (SSSR count). The van der Waals surface area contributed by atoms with E-state index in [1.807, 2.05) is 6.08 Å². The second-order valence-electron chi connectivity index (χ2n) is 22.8. The molecular weight excluding hydrogens is 869 g/mol. The molecule has 19 atom stereocenters. The predicted octanol–water partition coefficient (Wildman–Crippen LogP) is -0.783. The number of nitrogens with one attached hydrogen (secondary N) is 3. The van der Waals surface area contributed by atoms with Crippen molar-refractivity contribution in [3.63, 3.8) is 0 Å². The quantitative estimate of drug-likeness (QED) is 0.101. The second kappa shape index (κ2) is 19.2. The molecule has 5 aliphatic carbocycles. The smallest absolute Gasteiger partial charge is 0.252 e. The third-order valence-corrected chi connectivity index (χ3v) is 18.6. The summed E-state index contributed by atoms with van der Waals surface area (Å²) in [6.07, 6.45) is -9.64. The van der Waals surface area contributed by atoms with Gasteiger partial charge in [0.05, 0.1) is 6.10 Å². The van der Waals surface area contributed by atoms with Crippen molar-refractivity contribution >= 4 is 23.5 Å². The Hall–Kier alpha value is -2.66. The number of carbonyl (C=O) groups excluding carboxylic acids is 4. The lowest BCUT2D eigenvalue weighted by Crippen LogP contribution is -2.68. The lowest BCUT2D eigenvalue weighted by molar-refractivity contribution is -0.369. The molecule has 0 aromatic carbocycles. The molecule has 0 aromatic rings. The van der Waals surface area contributed by atoms with Gasteiger partial charge in [0, 0.05) is 50.6 Å². The first-order valence-electron chi connectivity index (χ1n) is 24.6. The minimum atomic E-state index is -1.93. The summed E-state index contributed by atoms with van der Waals surface area (Å²) in [4.78, 5) is 55.1. The van der Waals surface area contributed by atoms with Gasteiger partial charge in [-0.15, -0.1) is 0 Å². The van der Waals surface area contributed by atoms with Crippen molar-refractivity contribution in [3.05, 3.63) is 11.6 Å². The summed E-state index contributed by atoms with van der Waals surface area (Å²) >= 11 is 0. The Morgan fingerprint density at radius 1 is 0.687 bits per heavy atom. The zero-order valence-electron chi connectivity index (χ0n) is 40.5. The Morgan fingerprint density at radius 2 is 1.25 bits per heavy atom. The molecule has 0 radical (unpaired) electrons. The summed E-state index contributed by atoms with van der Waals surface area (Å²) in [6, 6.07) is 0. The van der Waals surface area contributed by atoms with Gasteiger partial charge in [0.25, 0.3) is 11.8 Å². The van der Waals surface area contributed by atoms with Crippen molar-refractivity contribution in [2.24, 2.45) is 67.4 Å². The van der Waals surface area contributed by atoms with E-state index in [2.05, 4.69) is 64.4 Å². The van der Waals surface area contributed by atoms with Crippen LogP contribution in [-0.2, 0) is 38.1 Å². The van der Waals surface area contributed by atoms with Gasteiger partial charge in [0.15, 0.2) is 30.6 Å². The van der Waals surface area contributed by atoms with Gasteiger partial charge in [-0.2, -0.15) is 0 Å². The summed E-state index contributed by atoms with van der Waals surface area (Å²) in [7, 11) is 0. The van der Waals surface area contributed by atoms with Crippen molar-refractivity contribution in [3.8, 4) is 0 Å². The van der Waals surface area contributed by atoms with Gasteiger partial charge >= 0.3 is 0 Å². The highest BCUT2D eigenvalue weighted by atomic mass is 16.8. The first-order valence-corrected chi connectivity index (χ1v) is 24.6. The molecule has 6 fully saturated rings. The lowest BCUT2D eigenvalue weighted by atomic mass is 9.33. The van der Waals surface area contributed by atoms with Crippen LogP contribution in [0.5, 0.6) is 0 Å². The number of amides is 3. The van der Waals surface area contributed by atoms with Crippen molar-refractivity contribution < 1.29 is 63.7 Å². The average molecular weight is 949 g/mol. The Balaban J connectivity index is 1.17. The number of fused-ring (bicyclic) bond motifs is 7. The number of ether oxygens (including phenoxy) is 4. The highest BCUT2D eigenvalue weighted by Crippen LogP contribution is 2.75. The number of allylic oxidation sites excluding steroid dienone is 2. The minimum absolute atomic E-state index is 0.0243. The van der Waals surface area contributed by atoms with Gasteiger partial charge in [0.1, 0.15) is 36.6 Å². The molecule has 7 aliphatic rings. The van der Waals surface area contributed by atoms with E-state index in [0.29, 0.717) is 32.4 Å². The number of hydrogen-bond acceptors (Lipinski definition) is 16. The van der Waals surface area contributed by atoms with E-state index < -0.39 is 95.6 Å². The van der Waals surface area contributed by atoms with Crippen LogP contribution in [0.4, 0.5) is 0 Å². The Kier molecular flexibility index (Phi) is 14.9. The van der Waals surface area contributed by atoms with E-state index in [-0.39, 0.29) is 71.9 Å². The largest absolute Gasteiger partial charge is 0.387 e. The molecule has 380 valence electrons. The number of nitrogens with two attached hydrogens (primary N) is 3. The zero-order chi connectivity index (χ0) is 49.2. The van der Waals surface area contributed by atoms with Gasteiger partial charge in [-0.05, 0) is 103 Å². The minimum Gasteiger partial charge on any atom is -0.387 e. The molecule has 0 bridgehead atoms. The van der Waals surface area contributed by atoms with E-state index in [1.54, 1.807) is 0 Å². The highest BCUT2D eigenvalue weighted by molar-refractivity contribution is 5.96. The fourth-order valence-corrected chi connectivity index (χ4v) is 14.4. The van der Waals surface area contributed by atoms with Crippen LogP contribution in [0, 0.1) is 50.2 Å². The first-order chi connectivity index (χ1) is 31.4. The van der Waals surface area contributed by atoms with Gasteiger partial charge in [-0.25, -0.2) is 0 Å². The maximum atomic E-state index is 15.1. The van der Waals surface area contributed by atoms with E-state index in [1.165, 1.54) is 5.57 Å². The first kappa shape index (κ1) is 52.2. The predicted molar refractivity (Wildman–Crippen MR) is 243 cm³/mol. The molecule has 4 saturated carbocycles. The number of aliphatic hydroxyl groups is 5. The molecule has 0 unspecified atom stereocenters. The topological polar surface area (TPSA) is 320 Å². The third kappa shape index (κ3) is 8.72. The van der Waals surface area contributed by atoms with Crippen molar-refractivity contribution in [1.29, 1.82) is 0 Å². The number of hydrogen-bond donors (Lipinski definition) is 11. The standard InChI is InChI=1S/C48H80N6O13/c1-43(2)27-8-11-48(7)37(26(55)22-24-25-23-45(4,42(63)54-21-18-51)13-12-44(25,3)14-15-47(24,48)6)46(27,5)10-9-28(43)64-41-36(32(59)31(58)35(66-41)39(62)53-20-17-50)67-40-33(60)29(56)30(57)34(65-40)38(61)52-19-16-49/h22,25,27-37,40-41,56-60H,8-21,23,49-51H2,1-7H3,(H,52,61)(H,53,62)(H,54,63)/t25-,27-,28-,29-,30-,31-,32-,33+,34-,35-,36+,37+,40+,41-,44+,45-,46-,47+,48+/m0/s1. The summed E-state index contributed by atoms with van der Waals surface area (Å²) in [6.45, 7) is 16.6. The molecule has 2 aliphatic heterocycles. The maximum Gasteiger partial charge on any atom is 0.252 e. The molecular formula is C48H80N6O13. The molecule has 67 heavy (non-hydrogen) atoms. The molecule has 2 saturated heterocycles. The molecule has 19 heteroatoms. The number of ketones is 1. The fourth-order valence-electron chi connectivity index (χ4n) is 14.4. The van der Waals surface area contributed by atoms with E-state index in [9.17, 15) is 39.9 Å². The van der Waals surface area contributed by atoms with Crippen LogP contribution in [0.15, 0.2) is 11.6 Å². The monoisotopic (exact) mass is 949 g/mol. The van der Waals surface area contributed by atoms with E-state index >= 15 is 4.79 Å². The molecule has 2 heterocycles. The van der Waals surface area contributed by atoms with Gasteiger partial charge in [-0.1, -0.05) is 54.0 Å². The molecule has 19 nitrogen and oxygen atoms in total. The van der Waals surface area contributed by atoms with Crippen LogP contribution >= 0.6 is 0 Å². The van der Waals surface area contributed by atoms with Crippen LogP contribution < -0.4 is 33.2 Å². The van der Waals surface area contributed by atoms with E-state index in [4.69, 9.17) is 36.1 Å². The summed E-state index contributed by atoms with van der Waals surface area (Å²) in [5.74, 6) is -1.73. The van der Waals surface area contributed by atoms with Crippen LogP contribution in [0.3, 0.4) is 0 Å². The van der Waals surface area contributed by atoms with Crippen molar-refractivity contribution in [2.45, 2.75) is 174 Å². The molecule has 0 spiro atoms. The van der Waals surface area contributed by atoms with Crippen LogP contribution in [0.25, 0.3) is 0 Å². The van der Waals surface area contributed by atoms with Gasteiger partial charge in [0.2, 0.25) is 5.91 Å². The number of aliphatic hydroxyl groups excluding tert-OH is 5. The molecule has 14 N–H and O–H groups in total. The Bertz CT molecular complexity index is 1910. The van der Waals surface area contributed by atoms with Gasteiger partial charge in [-0.3, -0.25) is 19.2 Å². The zero-order valence-corrected chi connectivity index (χ0v) is 40.5. The van der Waals surface area contributed by atoms with Crippen LogP contribution in [-0.4, -0.2) is 156 Å². The summed E-state index contributed by atoms with van der Waals surface area (Å²) in [5.41, 5.74) is 15.7. The molecule has 3 amide bonds. The fraction of sp³-hybridized carbons (Fsp3) is 0.875. The lowest BCUT2D eigenvalue weighted by Gasteiger charge is -2.70. The molecule has 0 aromatic heterocycles. The van der Waals surface area contributed by atoms with Crippen molar-refractivity contribution in [1.82, 2.24) is 16.0 Å². The van der Waals surface area contributed by atoms with Crippen LogP contribution in [0.2, 0.25) is 0 Å². The van der Waals surface area contributed by atoms with Gasteiger partial charge < -0.3 is 77.6 Å². The highest BCUT2D eigenvalue weighted by Gasteiger charge is 2.71. The van der Waals surface area contributed by atoms with E-state index in [0.717, 1.165) is 38.5 Å². The second-order valence-corrected chi connectivity index (χ2v) is 22.8. The SMILES string of the molecule is CC1(C)[C@@H](O[C@H]2O[C@H](C(=O)NCCN)[C@@H](O)[C@H](O)[C@H]2O[C@H]2O[C@H](C(=O)NCCN)[C@@H](O)[C@H](O)[C@H]2O)CC[C@]2(C)[C@H]3C(=O)C=C4[C@@H]5C[C@@](C)(C(=O)NCCN)CC[C@]5(C)CC[C@@]4(C)[C@]3(C)CC[C@@H]12. The van der Waals surface area contributed by atoms with Crippen LogP contribution in [0.1, 0.15) is 106 Å². The average Bonchev–Trinajstić information content (AvgIpc) is 3.28. The summed E-state index contributed by atoms with van der Waals surface area (Å²) < 4.78 is 24.8.